The Kier molecular flexibility index (Phi) is 4.15. The third-order valence-electron chi connectivity index (χ3n) is 5.37. The molecule has 1 aromatic carbocycles. The number of fused-ring (bicyclic) bond motifs is 1. The Hall–Kier alpha value is -2.82. The number of nitrogens with one attached hydrogen (secondary N) is 2. The summed E-state index contributed by atoms with van der Waals surface area (Å²) in [6.45, 7) is 8.57. The van der Waals surface area contributed by atoms with Crippen molar-refractivity contribution in [3.8, 4) is 0 Å². The van der Waals surface area contributed by atoms with Crippen LogP contribution < -0.4 is 5.32 Å². The van der Waals surface area contributed by atoms with Gasteiger partial charge in [0.15, 0.2) is 5.82 Å². The number of aryl methyl sites for hydroxylation is 3. The highest BCUT2D eigenvalue weighted by Gasteiger charge is 2.24. The molecule has 5 heteroatoms. The number of carbonyl (C=O) groups is 1. The van der Waals surface area contributed by atoms with Crippen LogP contribution in [0.5, 0.6) is 0 Å². The Bertz CT molecular complexity index is 985. The van der Waals surface area contributed by atoms with E-state index in [-0.39, 0.29) is 5.91 Å². The normalized spacial score (nSPS) is 13.7. The predicted molar refractivity (Wildman–Crippen MR) is 105 cm³/mol. The van der Waals surface area contributed by atoms with Crippen molar-refractivity contribution in [3.05, 3.63) is 58.4 Å². The molecule has 0 saturated carbocycles. The number of benzene rings is 1. The number of H-pyrrole nitrogens is 1. The molecule has 0 bridgehead atoms. The number of aromatic nitrogens is 2. The molecule has 26 heavy (non-hydrogen) atoms. The minimum absolute atomic E-state index is 0.0235. The van der Waals surface area contributed by atoms with Crippen LogP contribution in [0, 0.1) is 20.8 Å². The second-order valence-corrected chi connectivity index (χ2v) is 7.08. The van der Waals surface area contributed by atoms with Crippen molar-refractivity contribution in [3.63, 3.8) is 0 Å². The number of nitrogens with zero attached hydrogens (tertiary/aromatic N) is 2. The topological polar surface area (TPSA) is 61.0 Å². The second kappa shape index (κ2) is 6.48. The highest BCUT2D eigenvalue weighted by molar-refractivity contribution is 6.00. The molecule has 134 valence electrons. The van der Waals surface area contributed by atoms with Gasteiger partial charge in [0, 0.05) is 30.7 Å². The van der Waals surface area contributed by atoms with Crippen molar-refractivity contribution in [1.82, 2.24) is 14.9 Å². The zero-order valence-corrected chi connectivity index (χ0v) is 15.5. The van der Waals surface area contributed by atoms with Crippen LogP contribution in [0.3, 0.4) is 0 Å². The van der Waals surface area contributed by atoms with Gasteiger partial charge in [0.2, 0.25) is 0 Å². The van der Waals surface area contributed by atoms with E-state index >= 15 is 0 Å². The molecular formula is C21H24N4O. The van der Waals surface area contributed by atoms with Crippen LogP contribution >= 0.6 is 0 Å². The van der Waals surface area contributed by atoms with Crippen molar-refractivity contribution in [2.24, 2.45) is 0 Å². The number of amides is 1. The molecule has 0 unspecified atom stereocenters. The van der Waals surface area contributed by atoms with E-state index in [1.165, 1.54) is 16.7 Å². The molecule has 3 aromatic rings. The maximum Gasteiger partial charge on any atom is 0.272 e. The number of rotatable bonds is 4. The fourth-order valence-electron chi connectivity index (χ4n) is 3.36. The largest absolute Gasteiger partial charge is 0.364 e. The number of hydrogen-bond donors (Lipinski definition) is 2. The molecule has 2 aromatic heterocycles. The summed E-state index contributed by atoms with van der Waals surface area (Å²) in [5.41, 5.74) is 6.22. The van der Waals surface area contributed by atoms with Crippen LogP contribution in [0.1, 0.15) is 39.3 Å². The molecule has 2 N–H and O–H groups in total. The standard InChI is InChI=1S/C21H24N4O/c1-13-7-4-5-8-16(13)12-22-20-19-17(14(2)15(3)23-19)11-18(24-20)21(26)25-9-6-10-25/h4-5,7-8,11,23H,6,9-10,12H2,1-3H3,(H,22,24). The first-order valence-corrected chi connectivity index (χ1v) is 9.12. The van der Waals surface area contributed by atoms with E-state index in [2.05, 4.69) is 48.2 Å². The van der Waals surface area contributed by atoms with Crippen molar-refractivity contribution < 1.29 is 4.79 Å². The fourth-order valence-corrected chi connectivity index (χ4v) is 3.36. The zero-order valence-electron chi connectivity index (χ0n) is 15.5. The molecule has 0 radical (unpaired) electrons. The number of aromatic amines is 1. The van der Waals surface area contributed by atoms with Gasteiger partial charge >= 0.3 is 0 Å². The summed E-state index contributed by atoms with van der Waals surface area (Å²) in [7, 11) is 0. The van der Waals surface area contributed by atoms with Gasteiger partial charge in [-0.15, -0.1) is 0 Å². The minimum Gasteiger partial charge on any atom is -0.364 e. The lowest BCUT2D eigenvalue weighted by molar-refractivity contribution is 0.0646. The number of carbonyl (C=O) groups excluding carboxylic acids is 1. The predicted octanol–water partition coefficient (Wildman–Crippen LogP) is 3.95. The van der Waals surface area contributed by atoms with Crippen LogP contribution in [0.25, 0.3) is 10.9 Å². The van der Waals surface area contributed by atoms with Gasteiger partial charge in [-0.25, -0.2) is 4.98 Å². The Morgan fingerprint density at radius 2 is 2.00 bits per heavy atom. The van der Waals surface area contributed by atoms with E-state index in [4.69, 9.17) is 0 Å². The Morgan fingerprint density at radius 3 is 2.69 bits per heavy atom. The SMILES string of the molecule is Cc1ccccc1CNc1nc(C(=O)N2CCC2)cc2c(C)c(C)[nH]c12. The molecule has 0 spiro atoms. The summed E-state index contributed by atoms with van der Waals surface area (Å²) in [5.74, 6) is 0.765. The highest BCUT2D eigenvalue weighted by Crippen LogP contribution is 2.28. The van der Waals surface area contributed by atoms with Gasteiger partial charge in [-0.2, -0.15) is 0 Å². The van der Waals surface area contributed by atoms with Gasteiger partial charge in [-0.05, 0) is 49.9 Å². The first kappa shape index (κ1) is 16.6. The third kappa shape index (κ3) is 2.83. The molecule has 1 amide bonds. The molecule has 1 fully saturated rings. The summed E-state index contributed by atoms with van der Waals surface area (Å²) in [5, 5.41) is 4.51. The van der Waals surface area contributed by atoms with Crippen LogP contribution in [0.15, 0.2) is 30.3 Å². The average Bonchev–Trinajstić information content (AvgIpc) is 2.87. The second-order valence-electron chi connectivity index (χ2n) is 7.08. The molecule has 3 heterocycles. The van der Waals surface area contributed by atoms with Gasteiger partial charge in [-0.3, -0.25) is 4.79 Å². The minimum atomic E-state index is 0.0235. The first-order valence-electron chi connectivity index (χ1n) is 9.12. The third-order valence-corrected chi connectivity index (χ3v) is 5.37. The van der Waals surface area contributed by atoms with Gasteiger partial charge in [0.05, 0.1) is 5.52 Å². The van der Waals surface area contributed by atoms with Crippen molar-refractivity contribution in [1.29, 1.82) is 0 Å². The van der Waals surface area contributed by atoms with Gasteiger partial charge in [0.25, 0.3) is 5.91 Å². The summed E-state index contributed by atoms with van der Waals surface area (Å²) in [6.07, 6.45) is 1.08. The Balaban J connectivity index is 1.72. The first-order chi connectivity index (χ1) is 12.5. The summed E-state index contributed by atoms with van der Waals surface area (Å²) in [6, 6.07) is 10.2. The summed E-state index contributed by atoms with van der Waals surface area (Å²) in [4.78, 5) is 22.6. The van der Waals surface area contributed by atoms with Crippen LogP contribution in [0.4, 0.5) is 5.82 Å². The fraction of sp³-hybridized carbons (Fsp3) is 0.333. The van der Waals surface area contributed by atoms with Crippen LogP contribution in [0.2, 0.25) is 0 Å². The van der Waals surface area contributed by atoms with E-state index in [0.717, 1.165) is 41.9 Å². The molecule has 5 nitrogen and oxygen atoms in total. The molecular weight excluding hydrogens is 324 g/mol. The summed E-state index contributed by atoms with van der Waals surface area (Å²) < 4.78 is 0. The Morgan fingerprint density at radius 1 is 1.23 bits per heavy atom. The van der Waals surface area contributed by atoms with Crippen molar-refractivity contribution in [2.75, 3.05) is 18.4 Å². The smallest absolute Gasteiger partial charge is 0.272 e. The number of anilines is 1. The number of likely N-dealkylation sites (tertiary alicyclic amines) is 1. The number of pyridine rings is 1. The number of hydrogen-bond acceptors (Lipinski definition) is 3. The van der Waals surface area contributed by atoms with E-state index in [0.29, 0.717) is 12.2 Å². The molecule has 1 aliphatic rings. The van der Waals surface area contributed by atoms with Gasteiger partial charge < -0.3 is 15.2 Å². The molecule has 4 rings (SSSR count). The molecule has 1 aliphatic heterocycles. The quantitative estimate of drug-likeness (QED) is 0.750. The van der Waals surface area contributed by atoms with Gasteiger partial charge in [0.1, 0.15) is 5.69 Å². The van der Waals surface area contributed by atoms with Crippen LogP contribution in [-0.2, 0) is 6.54 Å². The van der Waals surface area contributed by atoms with E-state index < -0.39 is 0 Å². The van der Waals surface area contributed by atoms with Gasteiger partial charge in [-0.1, -0.05) is 24.3 Å². The van der Waals surface area contributed by atoms with Crippen LogP contribution in [-0.4, -0.2) is 33.9 Å². The van der Waals surface area contributed by atoms with E-state index in [1.54, 1.807) is 0 Å². The van der Waals surface area contributed by atoms with Crippen molar-refractivity contribution >= 4 is 22.6 Å². The lowest BCUT2D eigenvalue weighted by Crippen LogP contribution is -2.42. The average molecular weight is 348 g/mol. The Labute approximate surface area is 153 Å². The van der Waals surface area contributed by atoms with E-state index in [9.17, 15) is 4.79 Å². The lowest BCUT2D eigenvalue weighted by atomic mass is 10.1. The zero-order chi connectivity index (χ0) is 18.3. The maximum atomic E-state index is 12.7. The van der Waals surface area contributed by atoms with Crippen molar-refractivity contribution in [2.45, 2.75) is 33.7 Å². The molecule has 0 atom stereocenters. The lowest BCUT2D eigenvalue weighted by Gasteiger charge is -2.30. The highest BCUT2D eigenvalue weighted by atomic mass is 16.2. The monoisotopic (exact) mass is 348 g/mol. The maximum absolute atomic E-state index is 12.7. The molecule has 0 aliphatic carbocycles. The summed E-state index contributed by atoms with van der Waals surface area (Å²) >= 11 is 0. The molecule has 1 saturated heterocycles. The van der Waals surface area contributed by atoms with E-state index in [1.807, 2.05) is 23.1 Å².